The van der Waals surface area contributed by atoms with Gasteiger partial charge in [-0.2, -0.15) is 8.62 Å². The van der Waals surface area contributed by atoms with Crippen LogP contribution in [-0.4, -0.2) is 59.6 Å². The molecule has 0 aliphatic carbocycles. The zero-order valence-electron chi connectivity index (χ0n) is 15.0. The van der Waals surface area contributed by atoms with E-state index in [4.69, 9.17) is 43.2 Å². The van der Waals surface area contributed by atoms with E-state index in [0.29, 0.717) is 10.8 Å². The van der Waals surface area contributed by atoms with Crippen LogP contribution in [0.3, 0.4) is 0 Å². The Morgan fingerprint density at radius 1 is 1.22 bits per heavy atom. The molecule has 2 rings (SSSR count). The number of H-pyrrole nitrogens is 1. The maximum absolute atomic E-state index is 14.8. The van der Waals surface area contributed by atoms with Gasteiger partial charge in [-0.1, -0.05) is 12.2 Å². The van der Waals surface area contributed by atoms with Crippen LogP contribution in [0.15, 0.2) is 6.20 Å². The van der Waals surface area contributed by atoms with E-state index in [9.17, 15) is 31.8 Å². The normalized spacial score (nSPS) is 30.1. The van der Waals surface area contributed by atoms with E-state index in [-0.39, 0.29) is 4.77 Å². The third kappa shape index (κ3) is 6.77. The predicted molar refractivity (Wildman–Crippen MR) is 104 cm³/mol. The van der Waals surface area contributed by atoms with Crippen molar-refractivity contribution in [3.8, 4) is 0 Å². The summed E-state index contributed by atoms with van der Waals surface area (Å²) in [6, 6.07) is 0. The van der Waals surface area contributed by atoms with E-state index in [1.54, 1.807) is 0 Å². The van der Waals surface area contributed by atoms with Crippen molar-refractivity contribution in [1.29, 1.82) is 0 Å². The molecule has 1 aromatic heterocycles. The van der Waals surface area contributed by atoms with Gasteiger partial charge < -0.3 is 29.3 Å². The quantitative estimate of drug-likeness (QED) is 0.161. The monoisotopic (exact) mass is 586 g/mol. The number of nitrogens with zero attached hydrogens (tertiary/aromatic N) is 1. The highest BCUT2D eigenvalue weighted by Gasteiger charge is 2.58. The average Bonchev–Trinajstić information content (AvgIpc) is 2.85. The van der Waals surface area contributed by atoms with E-state index in [2.05, 4.69) is 30.3 Å². The number of aromatic nitrogens is 2. The second kappa shape index (κ2) is 9.91. The maximum Gasteiger partial charge on any atom is 0.490 e. The minimum absolute atomic E-state index is 0.333. The van der Waals surface area contributed by atoms with Gasteiger partial charge in [0.1, 0.15) is 17.4 Å². The Labute approximate surface area is 191 Å². The van der Waals surface area contributed by atoms with E-state index in [1.807, 2.05) is 0 Å². The molecule has 5 N–H and O–H groups in total. The Balaban J connectivity index is 2.22. The number of rotatable bonds is 9. The molecule has 0 bridgehead atoms. The maximum atomic E-state index is 14.8. The molecule has 1 aliphatic rings. The molecule has 22 heteroatoms. The number of hydrogen-bond donors (Lipinski definition) is 5. The van der Waals surface area contributed by atoms with Gasteiger partial charge in [-0.3, -0.25) is 9.09 Å². The van der Waals surface area contributed by atoms with E-state index in [1.165, 1.54) is 0 Å². The molecule has 0 aromatic carbocycles. The van der Waals surface area contributed by atoms with Crippen LogP contribution in [0, 0.1) is 15.2 Å². The summed E-state index contributed by atoms with van der Waals surface area (Å²) in [6.07, 6.45) is -5.55. The average molecular weight is 587 g/mol. The number of alkyl halides is 3. The van der Waals surface area contributed by atoms with Crippen molar-refractivity contribution in [2.75, 3.05) is 13.3 Å². The van der Waals surface area contributed by atoms with Crippen LogP contribution < -0.4 is 0 Å². The Morgan fingerprint density at radius 3 is 2.34 bits per heavy atom. The zero-order chi connectivity index (χ0) is 24.7. The predicted octanol–water partition coefficient (Wildman–Crippen LogP) is 2.94. The number of nitrogens with one attached hydrogen (secondary N) is 1. The number of phosphoric ester groups is 1. The fourth-order valence-corrected chi connectivity index (χ4v) is 6.25. The molecule has 0 saturated carbocycles. The van der Waals surface area contributed by atoms with Gasteiger partial charge >= 0.3 is 23.5 Å². The third-order valence-corrected chi connectivity index (χ3v) is 8.61. The molecule has 1 aliphatic heterocycles. The molecule has 6 atom stereocenters. The molecule has 2 heterocycles. The van der Waals surface area contributed by atoms with Crippen LogP contribution >= 0.6 is 59.5 Å². The standard InChI is InChI=1S/C10H13ClF3N2O11P3S2/c11-10(3-12)6(14)5(25-8(10)16-1-4(13)7(31)15-9(16)32)2-24-29(20,21)27-30(22,23)26-28(17,18)19/h1,5-6,8H,2-3H2,(H,20,21)(H,22,23)(H,15,31,32)(H2,17,18,19)/t5-,6+,8-,10?/m1/s1. The highest BCUT2D eigenvalue weighted by Crippen LogP contribution is 2.66. The van der Waals surface area contributed by atoms with Crippen LogP contribution in [0.5, 0.6) is 0 Å². The van der Waals surface area contributed by atoms with Crippen LogP contribution in [0.2, 0.25) is 0 Å². The number of ether oxygens (including phenoxy) is 1. The van der Waals surface area contributed by atoms with Gasteiger partial charge in [-0.25, -0.2) is 26.9 Å². The summed E-state index contributed by atoms with van der Waals surface area (Å²) in [5, 5.41) is 0. The van der Waals surface area contributed by atoms with Gasteiger partial charge in [-0.05, 0) is 12.2 Å². The Kier molecular flexibility index (Phi) is 8.74. The molecule has 0 radical (unpaired) electrons. The van der Waals surface area contributed by atoms with Gasteiger partial charge in [0, 0.05) is 6.20 Å². The lowest BCUT2D eigenvalue weighted by Crippen LogP contribution is -2.42. The topological polar surface area (TPSA) is 190 Å². The molecule has 1 saturated heterocycles. The molecule has 13 nitrogen and oxygen atoms in total. The van der Waals surface area contributed by atoms with Gasteiger partial charge in [-0.15, -0.1) is 11.6 Å². The molecule has 0 spiro atoms. The summed E-state index contributed by atoms with van der Waals surface area (Å²) < 4.78 is 92.4. The fraction of sp³-hybridized carbons (Fsp3) is 0.600. The smallest absolute Gasteiger partial charge is 0.347 e. The number of halogens is 4. The summed E-state index contributed by atoms with van der Waals surface area (Å²) in [7, 11) is -17.1. The lowest BCUT2D eigenvalue weighted by molar-refractivity contribution is -0.0391. The Morgan fingerprint density at radius 2 is 1.81 bits per heavy atom. The van der Waals surface area contributed by atoms with Crippen molar-refractivity contribution in [1.82, 2.24) is 9.55 Å². The fourth-order valence-electron chi connectivity index (χ4n) is 2.46. The molecule has 32 heavy (non-hydrogen) atoms. The molecule has 1 aromatic rings. The lowest BCUT2D eigenvalue weighted by atomic mass is 10.0. The van der Waals surface area contributed by atoms with Crippen molar-refractivity contribution < 1.29 is 64.3 Å². The van der Waals surface area contributed by atoms with Crippen LogP contribution in [-0.2, 0) is 31.6 Å². The summed E-state index contributed by atoms with van der Waals surface area (Å²) in [5.41, 5.74) is 0. The summed E-state index contributed by atoms with van der Waals surface area (Å²) in [4.78, 5) is 35.2. The second-order valence-electron chi connectivity index (χ2n) is 6.02. The van der Waals surface area contributed by atoms with Crippen molar-refractivity contribution in [3.05, 3.63) is 21.4 Å². The zero-order valence-corrected chi connectivity index (χ0v) is 20.1. The van der Waals surface area contributed by atoms with Gasteiger partial charge in [0.15, 0.2) is 27.9 Å². The molecule has 3 unspecified atom stereocenters. The molecular weight excluding hydrogens is 574 g/mol. The molecule has 1 fully saturated rings. The van der Waals surface area contributed by atoms with Gasteiger partial charge in [0.05, 0.1) is 6.61 Å². The van der Waals surface area contributed by atoms with Gasteiger partial charge in [0.25, 0.3) is 0 Å². The van der Waals surface area contributed by atoms with E-state index < -0.39 is 70.6 Å². The summed E-state index contributed by atoms with van der Waals surface area (Å²) >= 11 is 15.5. The molecule has 184 valence electrons. The first kappa shape index (κ1) is 28.2. The minimum atomic E-state index is -5.82. The van der Waals surface area contributed by atoms with Crippen LogP contribution in [0.25, 0.3) is 0 Å². The number of aromatic amines is 1. The number of phosphoric acid groups is 3. The van der Waals surface area contributed by atoms with E-state index in [0.717, 1.165) is 0 Å². The van der Waals surface area contributed by atoms with E-state index >= 15 is 0 Å². The summed E-state index contributed by atoms with van der Waals surface area (Å²) in [5.74, 6) is -1.04. The molecule has 0 amide bonds. The highest BCUT2D eigenvalue weighted by atomic mass is 35.5. The first-order chi connectivity index (χ1) is 14.4. The minimum Gasteiger partial charge on any atom is -0.347 e. The van der Waals surface area contributed by atoms with Crippen molar-refractivity contribution >= 4 is 59.5 Å². The third-order valence-electron chi connectivity index (χ3n) is 3.70. The van der Waals surface area contributed by atoms with Crippen LogP contribution in [0.4, 0.5) is 13.2 Å². The second-order valence-corrected chi connectivity index (χ2v) is 11.9. The largest absolute Gasteiger partial charge is 0.490 e. The lowest BCUT2D eigenvalue weighted by Gasteiger charge is -2.27. The SMILES string of the molecule is O=P(O)(O)OP(=O)(O)OP(=O)(O)OC[C@H]1O[C@@H](n2cc(F)c(=S)[nH]c2=S)C(Cl)(CF)[C@H]1F. The highest BCUT2D eigenvalue weighted by molar-refractivity contribution is 7.72. The van der Waals surface area contributed by atoms with Crippen molar-refractivity contribution in [3.63, 3.8) is 0 Å². The Hall–Kier alpha value is -0.0300. The van der Waals surface area contributed by atoms with Crippen LogP contribution in [0.1, 0.15) is 6.23 Å². The summed E-state index contributed by atoms with van der Waals surface area (Å²) in [6.45, 7) is -2.85. The Bertz CT molecular complexity index is 1130. The first-order valence-electron chi connectivity index (χ1n) is 7.74. The van der Waals surface area contributed by atoms with Gasteiger partial charge in [0.2, 0.25) is 0 Å². The first-order valence-corrected chi connectivity index (χ1v) is 13.5. The van der Waals surface area contributed by atoms with Crippen molar-refractivity contribution in [2.24, 2.45) is 0 Å². The van der Waals surface area contributed by atoms with Crippen molar-refractivity contribution in [2.45, 2.75) is 23.4 Å². The molecular formula is C10H13ClF3N2O11P3S2. The number of hydrogen-bond acceptors (Lipinski definition) is 9.